The van der Waals surface area contributed by atoms with Gasteiger partial charge in [-0.1, -0.05) is 43.4 Å². The van der Waals surface area contributed by atoms with E-state index in [0.717, 1.165) is 18.4 Å². The van der Waals surface area contributed by atoms with Gasteiger partial charge in [0.2, 0.25) is 0 Å². The molecular formula is C16H23N. The van der Waals surface area contributed by atoms with E-state index in [1.54, 1.807) is 5.56 Å². The van der Waals surface area contributed by atoms with Crippen molar-refractivity contribution in [2.24, 2.45) is 5.92 Å². The van der Waals surface area contributed by atoms with Crippen molar-refractivity contribution in [3.8, 4) is 0 Å². The molecule has 17 heavy (non-hydrogen) atoms. The summed E-state index contributed by atoms with van der Waals surface area (Å²) in [5.74, 6) is 1.76. The summed E-state index contributed by atoms with van der Waals surface area (Å²) in [6, 6.07) is 4.70. The Labute approximate surface area is 105 Å². The van der Waals surface area contributed by atoms with Crippen LogP contribution >= 0.6 is 0 Å². The Balaban J connectivity index is 1.82. The van der Waals surface area contributed by atoms with Gasteiger partial charge >= 0.3 is 0 Å². The van der Waals surface area contributed by atoms with E-state index < -0.39 is 0 Å². The molecule has 0 amide bonds. The molecule has 1 heteroatoms. The van der Waals surface area contributed by atoms with Gasteiger partial charge in [0.1, 0.15) is 0 Å². The standard InChI is InChI=1S/C16H23N/c1-11-7-12(2)16-15(8-11)14(10-17-16)9-13-5-3-4-6-13/h7-8,13-14,17H,3-6,9-10H2,1-2H3. The average molecular weight is 229 g/mol. The molecule has 1 atom stereocenters. The van der Waals surface area contributed by atoms with Crippen LogP contribution in [0.1, 0.15) is 54.7 Å². The number of benzene rings is 1. The predicted octanol–water partition coefficient (Wildman–Crippen LogP) is 4.39. The van der Waals surface area contributed by atoms with Crippen molar-refractivity contribution in [1.29, 1.82) is 0 Å². The highest BCUT2D eigenvalue weighted by atomic mass is 14.9. The fourth-order valence-corrected chi connectivity index (χ4v) is 3.76. The quantitative estimate of drug-likeness (QED) is 0.793. The zero-order chi connectivity index (χ0) is 11.8. The minimum absolute atomic E-state index is 0.770. The van der Waals surface area contributed by atoms with Crippen molar-refractivity contribution in [3.05, 3.63) is 28.8 Å². The summed E-state index contributed by atoms with van der Waals surface area (Å²) in [7, 11) is 0. The first-order chi connectivity index (χ1) is 8.24. The molecule has 0 radical (unpaired) electrons. The summed E-state index contributed by atoms with van der Waals surface area (Å²) in [5, 5.41) is 3.62. The van der Waals surface area contributed by atoms with Gasteiger partial charge in [-0.05, 0) is 37.3 Å². The Hall–Kier alpha value is -0.980. The molecule has 1 unspecified atom stereocenters. The number of nitrogens with one attached hydrogen (secondary N) is 1. The minimum Gasteiger partial charge on any atom is -0.384 e. The van der Waals surface area contributed by atoms with E-state index in [0.29, 0.717) is 0 Å². The fourth-order valence-electron chi connectivity index (χ4n) is 3.76. The van der Waals surface area contributed by atoms with E-state index >= 15 is 0 Å². The number of hydrogen-bond donors (Lipinski definition) is 1. The lowest BCUT2D eigenvalue weighted by molar-refractivity contribution is 0.460. The van der Waals surface area contributed by atoms with Gasteiger partial charge in [-0.2, -0.15) is 0 Å². The molecule has 0 saturated heterocycles. The second kappa shape index (κ2) is 4.36. The van der Waals surface area contributed by atoms with Crippen molar-refractivity contribution in [3.63, 3.8) is 0 Å². The van der Waals surface area contributed by atoms with Crippen molar-refractivity contribution < 1.29 is 0 Å². The van der Waals surface area contributed by atoms with Crippen LogP contribution in [0.4, 0.5) is 5.69 Å². The van der Waals surface area contributed by atoms with Crippen molar-refractivity contribution in [2.75, 3.05) is 11.9 Å². The molecule has 1 aromatic carbocycles. The Kier molecular flexibility index (Phi) is 2.85. The van der Waals surface area contributed by atoms with E-state index in [9.17, 15) is 0 Å². The highest BCUT2D eigenvalue weighted by Crippen LogP contribution is 2.41. The highest BCUT2D eigenvalue weighted by molar-refractivity contribution is 5.63. The third-order valence-corrected chi connectivity index (χ3v) is 4.57. The van der Waals surface area contributed by atoms with E-state index in [1.807, 2.05) is 0 Å². The van der Waals surface area contributed by atoms with Gasteiger partial charge in [0, 0.05) is 18.2 Å². The smallest absolute Gasteiger partial charge is 0.0406 e. The lowest BCUT2D eigenvalue weighted by Gasteiger charge is -2.16. The summed E-state index contributed by atoms with van der Waals surface area (Å²) in [6.45, 7) is 5.62. The number of aryl methyl sites for hydroxylation is 2. The molecule has 1 saturated carbocycles. The molecule has 1 aliphatic heterocycles. The maximum absolute atomic E-state index is 3.62. The maximum atomic E-state index is 3.62. The molecule has 2 aliphatic rings. The number of rotatable bonds is 2. The van der Waals surface area contributed by atoms with Crippen LogP contribution in [0.2, 0.25) is 0 Å². The first-order valence-electron chi connectivity index (χ1n) is 7.09. The van der Waals surface area contributed by atoms with Crippen LogP contribution in [0, 0.1) is 19.8 Å². The van der Waals surface area contributed by atoms with Crippen molar-refractivity contribution in [1.82, 2.24) is 0 Å². The third kappa shape index (κ3) is 2.08. The molecule has 1 N–H and O–H groups in total. The molecule has 1 aromatic rings. The van der Waals surface area contributed by atoms with Crippen LogP contribution in [-0.4, -0.2) is 6.54 Å². The van der Waals surface area contributed by atoms with Crippen LogP contribution in [-0.2, 0) is 0 Å². The van der Waals surface area contributed by atoms with Gasteiger partial charge in [0.25, 0.3) is 0 Å². The predicted molar refractivity (Wildman–Crippen MR) is 73.7 cm³/mol. The molecule has 3 rings (SSSR count). The molecule has 92 valence electrons. The molecule has 1 heterocycles. The van der Waals surface area contributed by atoms with Crippen molar-refractivity contribution in [2.45, 2.75) is 51.9 Å². The Morgan fingerprint density at radius 2 is 1.94 bits per heavy atom. The van der Waals surface area contributed by atoms with Crippen LogP contribution in [0.3, 0.4) is 0 Å². The molecule has 0 aromatic heterocycles. The highest BCUT2D eigenvalue weighted by Gasteiger charge is 2.27. The minimum atomic E-state index is 0.770. The maximum Gasteiger partial charge on any atom is 0.0406 e. The largest absolute Gasteiger partial charge is 0.384 e. The number of hydrogen-bond acceptors (Lipinski definition) is 1. The third-order valence-electron chi connectivity index (χ3n) is 4.57. The summed E-state index contributed by atoms with van der Waals surface area (Å²) in [4.78, 5) is 0. The Morgan fingerprint density at radius 1 is 1.18 bits per heavy atom. The van der Waals surface area contributed by atoms with Gasteiger partial charge in [0.15, 0.2) is 0 Å². The van der Waals surface area contributed by atoms with Crippen LogP contribution < -0.4 is 5.32 Å². The van der Waals surface area contributed by atoms with Crippen LogP contribution in [0.15, 0.2) is 12.1 Å². The van der Waals surface area contributed by atoms with Crippen molar-refractivity contribution >= 4 is 5.69 Å². The average Bonchev–Trinajstić information content (AvgIpc) is 2.89. The number of anilines is 1. The lowest BCUT2D eigenvalue weighted by atomic mass is 9.88. The summed E-state index contributed by atoms with van der Waals surface area (Å²) >= 11 is 0. The summed E-state index contributed by atoms with van der Waals surface area (Å²) in [5.41, 5.74) is 5.86. The van der Waals surface area contributed by atoms with Crippen LogP contribution in [0.25, 0.3) is 0 Å². The Bertz CT molecular complexity index is 416. The first kappa shape index (κ1) is 11.1. The zero-order valence-electron chi connectivity index (χ0n) is 11.1. The zero-order valence-corrected chi connectivity index (χ0v) is 11.1. The summed E-state index contributed by atoms with van der Waals surface area (Å²) in [6.07, 6.45) is 7.27. The normalized spacial score (nSPS) is 23.8. The van der Waals surface area contributed by atoms with E-state index in [1.165, 1.54) is 48.9 Å². The second-order valence-electron chi connectivity index (χ2n) is 6.01. The van der Waals surface area contributed by atoms with Gasteiger partial charge in [-0.15, -0.1) is 0 Å². The Morgan fingerprint density at radius 3 is 2.71 bits per heavy atom. The van der Waals surface area contributed by atoms with E-state index in [4.69, 9.17) is 0 Å². The van der Waals surface area contributed by atoms with Crippen LogP contribution in [0.5, 0.6) is 0 Å². The molecule has 0 spiro atoms. The van der Waals surface area contributed by atoms with E-state index in [2.05, 4.69) is 31.3 Å². The van der Waals surface area contributed by atoms with Gasteiger partial charge in [0.05, 0.1) is 0 Å². The molecule has 0 bridgehead atoms. The molecule has 1 aliphatic carbocycles. The van der Waals surface area contributed by atoms with Gasteiger partial charge < -0.3 is 5.32 Å². The molecule has 1 nitrogen and oxygen atoms in total. The lowest BCUT2D eigenvalue weighted by Crippen LogP contribution is -2.07. The molecular weight excluding hydrogens is 206 g/mol. The van der Waals surface area contributed by atoms with Gasteiger partial charge in [-0.25, -0.2) is 0 Å². The summed E-state index contributed by atoms with van der Waals surface area (Å²) < 4.78 is 0. The topological polar surface area (TPSA) is 12.0 Å². The monoisotopic (exact) mass is 229 g/mol. The fraction of sp³-hybridized carbons (Fsp3) is 0.625. The molecule has 1 fully saturated rings. The van der Waals surface area contributed by atoms with Gasteiger partial charge in [-0.3, -0.25) is 0 Å². The SMILES string of the molecule is Cc1cc(C)c2c(c1)C(CC1CCCC1)CN2. The van der Waals surface area contributed by atoms with E-state index in [-0.39, 0.29) is 0 Å². The second-order valence-corrected chi connectivity index (χ2v) is 6.01. The number of fused-ring (bicyclic) bond motifs is 1. The first-order valence-corrected chi connectivity index (χ1v) is 7.09.